The fourth-order valence-electron chi connectivity index (χ4n) is 4.34. The quantitative estimate of drug-likeness (QED) is 0.931. The second-order valence-electron chi connectivity index (χ2n) is 6.73. The first kappa shape index (κ1) is 14.2. The molecule has 118 valence electrons. The lowest BCUT2D eigenvalue weighted by molar-refractivity contribution is -0.119. The van der Waals surface area contributed by atoms with Crippen molar-refractivity contribution < 1.29 is 9.53 Å². The van der Waals surface area contributed by atoms with Crippen LogP contribution in [0.5, 0.6) is 0 Å². The van der Waals surface area contributed by atoms with Crippen molar-refractivity contribution in [3.05, 3.63) is 30.3 Å². The second-order valence-corrected chi connectivity index (χ2v) is 6.73. The molecule has 4 rings (SSSR count). The second kappa shape index (κ2) is 6.01. The first-order valence-corrected chi connectivity index (χ1v) is 8.57. The third-order valence-electron chi connectivity index (χ3n) is 5.47. The minimum Gasteiger partial charge on any atom is -0.378 e. The van der Waals surface area contributed by atoms with Crippen LogP contribution in [0.3, 0.4) is 0 Å². The summed E-state index contributed by atoms with van der Waals surface area (Å²) in [5.74, 6) is 0.833. The van der Waals surface area contributed by atoms with Crippen molar-refractivity contribution in [1.29, 1.82) is 0 Å². The van der Waals surface area contributed by atoms with Gasteiger partial charge in [0, 0.05) is 30.8 Å². The molecule has 1 aliphatic carbocycles. The highest BCUT2D eigenvalue weighted by Gasteiger charge is 2.41. The van der Waals surface area contributed by atoms with Gasteiger partial charge in [0.1, 0.15) is 0 Å². The van der Waals surface area contributed by atoms with Crippen LogP contribution in [0.25, 0.3) is 0 Å². The molecule has 0 bridgehead atoms. The maximum atomic E-state index is 12.7. The SMILES string of the molecule is O=C1[C@H](N[C@@H]2CCC[C@H]3OCC[C@H]23)CCN1c1ccccc1. The van der Waals surface area contributed by atoms with Crippen molar-refractivity contribution in [1.82, 2.24) is 5.32 Å². The van der Waals surface area contributed by atoms with Crippen LogP contribution in [0.2, 0.25) is 0 Å². The summed E-state index contributed by atoms with van der Waals surface area (Å²) in [5, 5.41) is 3.67. The average Bonchev–Trinajstić information content (AvgIpc) is 3.16. The Bertz CT molecular complexity index is 533. The van der Waals surface area contributed by atoms with E-state index in [4.69, 9.17) is 4.74 Å². The van der Waals surface area contributed by atoms with Gasteiger partial charge in [-0.25, -0.2) is 0 Å². The Labute approximate surface area is 131 Å². The molecule has 4 heteroatoms. The monoisotopic (exact) mass is 300 g/mol. The minimum absolute atomic E-state index is 0.0236. The molecule has 3 aliphatic rings. The third kappa shape index (κ3) is 2.55. The van der Waals surface area contributed by atoms with Crippen LogP contribution in [0, 0.1) is 5.92 Å². The number of fused-ring (bicyclic) bond motifs is 1. The lowest BCUT2D eigenvalue weighted by atomic mass is 9.81. The lowest BCUT2D eigenvalue weighted by Gasteiger charge is -2.34. The molecule has 1 N–H and O–H groups in total. The molecule has 1 aromatic rings. The van der Waals surface area contributed by atoms with Gasteiger partial charge >= 0.3 is 0 Å². The number of ether oxygens (including phenoxy) is 1. The van der Waals surface area contributed by atoms with E-state index in [1.807, 2.05) is 35.2 Å². The van der Waals surface area contributed by atoms with E-state index in [0.717, 1.165) is 31.7 Å². The summed E-state index contributed by atoms with van der Waals surface area (Å²) >= 11 is 0. The van der Waals surface area contributed by atoms with Gasteiger partial charge in [0.25, 0.3) is 0 Å². The van der Waals surface area contributed by atoms with Crippen molar-refractivity contribution in [2.24, 2.45) is 5.92 Å². The predicted octanol–water partition coefficient (Wildman–Crippen LogP) is 2.34. The number of nitrogens with zero attached hydrogens (tertiary/aromatic N) is 1. The van der Waals surface area contributed by atoms with E-state index in [1.54, 1.807) is 0 Å². The number of nitrogens with one attached hydrogen (secondary N) is 1. The summed E-state index contributed by atoms with van der Waals surface area (Å²) in [7, 11) is 0. The topological polar surface area (TPSA) is 41.6 Å². The maximum Gasteiger partial charge on any atom is 0.244 e. The minimum atomic E-state index is -0.0236. The maximum absolute atomic E-state index is 12.7. The molecular weight excluding hydrogens is 276 g/mol. The number of carbonyl (C=O) groups is 1. The number of rotatable bonds is 3. The molecule has 1 aromatic carbocycles. The molecule has 0 radical (unpaired) electrons. The zero-order chi connectivity index (χ0) is 14.9. The zero-order valence-corrected chi connectivity index (χ0v) is 12.9. The number of benzene rings is 1. The van der Waals surface area contributed by atoms with E-state index < -0.39 is 0 Å². The van der Waals surface area contributed by atoms with Crippen molar-refractivity contribution in [3.63, 3.8) is 0 Å². The Morgan fingerprint density at radius 2 is 1.95 bits per heavy atom. The van der Waals surface area contributed by atoms with E-state index in [1.165, 1.54) is 19.3 Å². The molecule has 4 nitrogen and oxygen atoms in total. The summed E-state index contributed by atoms with van der Waals surface area (Å²) in [6.45, 7) is 1.71. The molecule has 3 fully saturated rings. The number of amides is 1. The van der Waals surface area contributed by atoms with Gasteiger partial charge in [0.15, 0.2) is 0 Å². The van der Waals surface area contributed by atoms with Gasteiger partial charge in [-0.3, -0.25) is 4.79 Å². The van der Waals surface area contributed by atoms with Crippen molar-refractivity contribution in [2.75, 3.05) is 18.1 Å². The number of para-hydroxylation sites is 1. The fourth-order valence-corrected chi connectivity index (χ4v) is 4.34. The molecule has 1 saturated carbocycles. The van der Waals surface area contributed by atoms with Crippen LogP contribution < -0.4 is 10.2 Å². The fraction of sp³-hybridized carbons (Fsp3) is 0.611. The van der Waals surface area contributed by atoms with E-state index in [9.17, 15) is 4.79 Å². The molecule has 4 atom stereocenters. The van der Waals surface area contributed by atoms with Gasteiger partial charge in [-0.1, -0.05) is 18.2 Å². The number of hydrogen-bond donors (Lipinski definition) is 1. The highest BCUT2D eigenvalue weighted by Crippen LogP contribution is 2.35. The number of carbonyl (C=O) groups excluding carboxylic acids is 1. The first-order valence-electron chi connectivity index (χ1n) is 8.57. The summed E-state index contributed by atoms with van der Waals surface area (Å²) in [4.78, 5) is 14.6. The van der Waals surface area contributed by atoms with Crippen LogP contribution in [0.1, 0.15) is 32.1 Å². The number of hydrogen-bond acceptors (Lipinski definition) is 3. The van der Waals surface area contributed by atoms with E-state index >= 15 is 0 Å². The van der Waals surface area contributed by atoms with Gasteiger partial charge in [0.2, 0.25) is 5.91 Å². The molecule has 0 spiro atoms. The van der Waals surface area contributed by atoms with Gasteiger partial charge in [-0.2, -0.15) is 0 Å². The summed E-state index contributed by atoms with van der Waals surface area (Å²) in [5.41, 5.74) is 1.02. The van der Waals surface area contributed by atoms with Crippen LogP contribution in [0.4, 0.5) is 5.69 Å². The molecule has 22 heavy (non-hydrogen) atoms. The zero-order valence-electron chi connectivity index (χ0n) is 12.9. The molecule has 2 heterocycles. The van der Waals surface area contributed by atoms with Crippen LogP contribution in [-0.2, 0) is 9.53 Å². The van der Waals surface area contributed by atoms with Crippen molar-refractivity contribution in [3.8, 4) is 0 Å². The predicted molar refractivity (Wildman–Crippen MR) is 85.8 cm³/mol. The first-order chi connectivity index (χ1) is 10.8. The molecular formula is C18H24N2O2. The van der Waals surface area contributed by atoms with E-state index in [2.05, 4.69) is 5.32 Å². The Hall–Kier alpha value is -1.39. The van der Waals surface area contributed by atoms with Gasteiger partial charge in [-0.05, 0) is 44.2 Å². The largest absolute Gasteiger partial charge is 0.378 e. The normalized spacial score (nSPS) is 34.9. The Balaban J connectivity index is 1.43. The van der Waals surface area contributed by atoms with E-state index in [-0.39, 0.29) is 11.9 Å². The standard InChI is InChI=1S/C18H24N2O2/c21-18-16(9-11-20(18)13-5-2-1-3-6-13)19-15-7-4-8-17-14(15)10-12-22-17/h1-3,5-6,14-17,19H,4,7-12H2/t14-,15-,16-,17-/m1/s1. The number of anilines is 1. The molecule has 1 amide bonds. The summed E-state index contributed by atoms with van der Waals surface area (Å²) in [6, 6.07) is 10.4. The van der Waals surface area contributed by atoms with Crippen molar-refractivity contribution >= 4 is 11.6 Å². The molecule has 0 aromatic heterocycles. The molecule has 0 unspecified atom stereocenters. The average molecular weight is 300 g/mol. The van der Waals surface area contributed by atoms with Gasteiger partial charge in [-0.15, -0.1) is 0 Å². The smallest absolute Gasteiger partial charge is 0.244 e. The summed E-state index contributed by atoms with van der Waals surface area (Å²) in [6.07, 6.45) is 6.06. The Kier molecular flexibility index (Phi) is 3.89. The summed E-state index contributed by atoms with van der Waals surface area (Å²) < 4.78 is 5.83. The third-order valence-corrected chi connectivity index (χ3v) is 5.47. The van der Waals surface area contributed by atoms with Gasteiger partial charge < -0.3 is 15.0 Å². The lowest BCUT2D eigenvalue weighted by Crippen LogP contribution is -2.50. The Morgan fingerprint density at radius 3 is 2.82 bits per heavy atom. The van der Waals surface area contributed by atoms with Crippen LogP contribution >= 0.6 is 0 Å². The van der Waals surface area contributed by atoms with Crippen LogP contribution in [0.15, 0.2) is 30.3 Å². The highest BCUT2D eigenvalue weighted by molar-refractivity contribution is 5.99. The van der Waals surface area contributed by atoms with Crippen LogP contribution in [-0.4, -0.2) is 37.2 Å². The van der Waals surface area contributed by atoms with Crippen molar-refractivity contribution in [2.45, 2.75) is 50.3 Å². The highest BCUT2D eigenvalue weighted by atomic mass is 16.5. The molecule has 2 saturated heterocycles. The van der Waals surface area contributed by atoms with Gasteiger partial charge in [0.05, 0.1) is 12.1 Å². The Morgan fingerprint density at radius 1 is 1.09 bits per heavy atom. The molecule has 2 aliphatic heterocycles. The van der Waals surface area contributed by atoms with E-state index in [0.29, 0.717) is 18.1 Å².